The monoisotopic (exact) mass is 599 g/mol. The lowest BCUT2D eigenvalue weighted by Gasteiger charge is -2.36. The highest BCUT2D eigenvalue weighted by atomic mass is 19.1. The number of carbonyl (C=O) groups excluding carboxylic acids is 2. The van der Waals surface area contributed by atoms with E-state index in [2.05, 4.69) is 54.3 Å². The first-order valence-corrected chi connectivity index (χ1v) is 14.8. The molecular weight excluding hydrogens is 561 g/mol. The highest BCUT2D eigenvalue weighted by Crippen LogP contribution is 2.32. The van der Waals surface area contributed by atoms with Gasteiger partial charge in [0.25, 0.3) is 5.91 Å². The standard InChI is InChI=1S/C32H38FN9O2/c1-19(20(2)24-7-6-8-25-29(31(44)34-4)26(33)17-36-30(24)25)14-35-28-13-27(39-18-40-28)22-15-37-32(38-16-22)41(5)23-9-11-42(12-10-23)21(3)43/h6-8,13,15-20,23H,9-12,14H2,1-5H3,(H,34,44)(H,35,39,40)/t19-,20?/m1/s1. The van der Waals surface area contributed by atoms with Crippen molar-refractivity contribution in [1.82, 2.24) is 35.1 Å². The van der Waals surface area contributed by atoms with Gasteiger partial charge >= 0.3 is 0 Å². The molecule has 5 rings (SSSR count). The number of carbonyl (C=O) groups is 2. The van der Waals surface area contributed by atoms with Crippen LogP contribution in [0.25, 0.3) is 22.2 Å². The average molecular weight is 600 g/mol. The van der Waals surface area contributed by atoms with E-state index in [0.29, 0.717) is 34.9 Å². The molecule has 3 aromatic heterocycles. The zero-order valence-corrected chi connectivity index (χ0v) is 25.7. The van der Waals surface area contributed by atoms with Crippen LogP contribution in [-0.2, 0) is 4.79 Å². The van der Waals surface area contributed by atoms with Crippen LogP contribution in [0.1, 0.15) is 55.5 Å². The highest BCUT2D eigenvalue weighted by Gasteiger charge is 2.25. The van der Waals surface area contributed by atoms with Gasteiger partial charge in [0.2, 0.25) is 11.9 Å². The summed E-state index contributed by atoms with van der Waals surface area (Å²) in [7, 11) is 3.47. The van der Waals surface area contributed by atoms with E-state index in [-0.39, 0.29) is 29.3 Å². The minimum atomic E-state index is -0.644. The van der Waals surface area contributed by atoms with Gasteiger partial charge in [0.1, 0.15) is 12.1 Å². The number of para-hydroxylation sites is 1. The molecule has 4 heterocycles. The lowest BCUT2D eigenvalue weighted by molar-refractivity contribution is -0.129. The van der Waals surface area contributed by atoms with Crippen LogP contribution in [-0.4, -0.2) is 81.4 Å². The zero-order valence-electron chi connectivity index (χ0n) is 25.7. The number of amides is 2. The highest BCUT2D eigenvalue weighted by molar-refractivity contribution is 6.06. The molecule has 0 spiro atoms. The van der Waals surface area contributed by atoms with E-state index in [0.717, 1.165) is 43.3 Å². The normalized spacial score (nSPS) is 15.1. The number of hydrogen-bond donors (Lipinski definition) is 2. The van der Waals surface area contributed by atoms with Crippen molar-refractivity contribution < 1.29 is 14.0 Å². The summed E-state index contributed by atoms with van der Waals surface area (Å²) >= 11 is 0. The third-order valence-electron chi connectivity index (χ3n) is 8.66. The summed E-state index contributed by atoms with van der Waals surface area (Å²) < 4.78 is 14.5. The molecule has 0 bridgehead atoms. The maximum Gasteiger partial charge on any atom is 0.254 e. The van der Waals surface area contributed by atoms with Gasteiger partial charge in [-0.3, -0.25) is 14.6 Å². The Bertz CT molecular complexity index is 1640. The molecule has 12 heteroatoms. The molecule has 1 fully saturated rings. The van der Waals surface area contributed by atoms with E-state index in [9.17, 15) is 14.0 Å². The van der Waals surface area contributed by atoms with Crippen molar-refractivity contribution in [3.8, 4) is 11.3 Å². The number of hydrogen-bond acceptors (Lipinski definition) is 9. The van der Waals surface area contributed by atoms with Gasteiger partial charge in [-0.25, -0.2) is 24.3 Å². The molecule has 0 aliphatic carbocycles. The Morgan fingerprint density at radius 1 is 1.07 bits per heavy atom. The van der Waals surface area contributed by atoms with Crippen molar-refractivity contribution in [2.24, 2.45) is 5.92 Å². The predicted molar refractivity (Wildman–Crippen MR) is 168 cm³/mol. The van der Waals surface area contributed by atoms with Gasteiger partial charge in [0, 0.05) is 76.1 Å². The van der Waals surface area contributed by atoms with Crippen LogP contribution in [0.15, 0.2) is 49.2 Å². The largest absolute Gasteiger partial charge is 0.370 e. The molecule has 0 saturated carbocycles. The van der Waals surface area contributed by atoms with E-state index in [4.69, 9.17) is 0 Å². The molecule has 1 unspecified atom stereocenters. The Labute approximate surface area is 256 Å². The molecule has 230 valence electrons. The van der Waals surface area contributed by atoms with Gasteiger partial charge in [-0.2, -0.15) is 0 Å². The third kappa shape index (κ3) is 6.43. The van der Waals surface area contributed by atoms with Crippen molar-refractivity contribution in [3.63, 3.8) is 0 Å². The number of halogens is 1. The maximum atomic E-state index is 14.5. The fraction of sp³-hybridized carbons (Fsp3) is 0.406. The Hall–Kier alpha value is -4.74. The van der Waals surface area contributed by atoms with Crippen LogP contribution in [0.5, 0.6) is 0 Å². The summed E-state index contributed by atoms with van der Waals surface area (Å²) in [4.78, 5) is 50.3. The molecule has 44 heavy (non-hydrogen) atoms. The van der Waals surface area contributed by atoms with Crippen LogP contribution in [0.2, 0.25) is 0 Å². The number of rotatable bonds is 9. The molecule has 1 aliphatic rings. The number of anilines is 2. The number of fused-ring (bicyclic) bond motifs is 1. The first-order chi connectivity index (χ1) is 21.2. The van der Waals surface area contributed by atoms with Gasteiger partial charge in [0.05, 0.1) is 23.0 Å². The number of nitrogens with one attached hydrogen (secondary N) is 2. The summed E-state index contributed by atoms with van der Waals surface area (Å²) in [5.41, 5.74) is 3.05. The molecule has 0 radical (unpaired) electrons. The summed E-state index contributed by atoms with van der Waals surface area (Å²) in [5.74, 6) is 0.505. The van der Waals surface area contributed by atoms with Crippen LogP contribution >= 0.6 is 0 Å². The smallest absolute Gasteiger partial charge is 0.254 e. The van der Waals surface area contributed by atoms with E-state index >= 15 is 0 Å². The van der Waals surface area contributed by atoms with Gasteiger partial charge < -0.3 is 20.4 Å². The predicted octanol–water partition coefficient (Wildman–Crippen LogP) is 4.28. The number of likely N-dealkylation sites (tertiary alicyclic amines) is 1. The molecule has 1 aliphatic heterocycles. The second-order valence-corrected chi connectivity index (χ2v) is 11.4. The van der Waals surface area contributed by atoms with Crippen molar-refractivity contribution in [2.75, 3.05) is 43.9 Å². The van der Waals surface area contributed by atoms with E-state index < -0.39 is 11.7 Å². The molecule has 2 amide bonds. The number of piperidine rings is 1. The van der Waals surface area contributed by atoms with Gasteiger partial charge in [-0.15, -0.1) is 0 Å². The van der Waals surface area contributed by atoms with Crippen LogP contribution in [0.3, 0.4) is 0 Å². The zero-order chi connectivity index (χ0) is 31.4. The van der Waals surface area contributed by atoms with Crippen molar-refractivity contribution in [3.05, 3.63) is 66.1 Å². The van der Waals surface area contributed by atoms with Gasteiger partial charge in [-0.05, 0) is 30.2 Å². The van der Waals surface area contributed by atoms with E-state index in [1.165, 1.54) is 13.4 Å². The van der Waals surface area contributed by atoms with Gasteiger partial charge in [0.15, 0.2) is 5.82 Å². The molecule has 1 saturated heterocycles. The quantitative estimate of drug-likeness (QED) is 0.290. The van der Waals surface area contributed by atoms with Crippen LogP contribution in [0, 0.1) is 11.7 Å². The Morgan fingerprint density at radius 2 is 1.80 bits per heavy atom. The van der Waals surface area contributed by atoms with Crippen molar-refractivity contribution >= 4 is 34.5 Å². The topological polar surface area (TPSA) is 129 Å². The minimum Gasteiger partial charge on any atom is -0.370 e. The average Bonchev–Trinajstić information content (AvgIpc) is 3.06. The van der Waals surface area contributed by atoms with Crippen LogP contribution in [0.4, 0.5) is 16.2 Å². The summed E-state index contributed by atoms with van der Waals surface area (Å²) in [5, 5.41) is 6.42. The third-order valence-corrected chi connectivity index (χ3v) is 8.66. The summed E-state index contributed by atoms with van der Waals surface area (Å²) in [6, 6.07) is 7.68. The minimum absolute atomic E-state index is 0.00416. The Kier molecular flexibility index (Phi) is 9.26. The summed E-state index contributed by atoms with van der Waals surface area (Å²) in [6.45, 7) is 7.93. The van der Waals surface area contributed by atoms with Crippen molar-refractivity contribution in [2.45, 2.75) is 45.6 Å². The SMILES string of the molecule is CNC(=O)c1c(F)cnc2c(C(C)[C@H](C)CNc3cc(-c4cnc(N(C)C5CCN(C(C)=O)CC5)nc4)ncn3)cccc12. The number of aromatic nitrogens is 5. The van der Waals surface area contributed by atoms with Crippen molar-refractivity contribution in [1.29, 1.82) is 0 Å². The second kappa shape index (κ2) is 13.3. The molecular formula is C32H38FN9O2. The number of benzene rings is 1. The molecule has 2 atom stereocenters. The fourth-order valence-corrected chi connectivity index (χ4v) is 5.67. The first-order valence-electron chi connectivity index (χ1n) is 14.8. The first kappa shape index (κ1) is 30.7. The summed E-state index contributed by atoms with van der Waals surface area (Å²) in [6.07, 6.45) is 7.92. The van der Waals surface area contributed by atoms with E-state index in [1.807, 2.05) is 30.1 Å². The maximum absolute atomic E-state index is 14.5. The molecule has 1 aromatic carbocycles. The molecule has 2 N–H and O–H groups in total. The van der Waals surface area contributed by atoms with Gasteiger partial charge in [-0.1, -0.05) is 32.0 Å². The number of pyridine rings is 1. The van der Waals surface area contributed by atoms with Crippen LogP contribution < -0.4 is 15.5 Å². The Balaban J connectivity index is 1.24. The lowest BCUT2D eigenvalue weighted by Crippen LogP contribution is -2.45. The molecule has 4 aromatic rings. The Morgan fingerprint density at radius 3 is 2.48 bits per heavy atom. The molecule has 11 nitrogen and oxygen atoms in total. The fourth-order valence-electron chi connectivity index (χ4n) is 5.67. The van der Waals surface area contributed by atoms with E-state index in [1.54, 1.807) is 25.4 Å². The number of nitrogens with zero attached hydrogens (tertiary/aromatic N) is 7. The lowest BCUT2D eigenvalue weighted by atomic mass is 9.87. The second-order valence-electron chi connectivity index (χ2n) is 11.4.